The third-order valence-electron chi connectivity index (χ3n) is 4.54. The van der Waals surface area contributed by atoms with Crippen molar-refractivity contribution in [2.75, 3.05) is 44.7 Å². The first-order chi connectivity index (χ1) is 12.6. The summed E-state index contributed by atoms with van der Waals surface area (Å²) in [5.74, 6) is 0.238. The fraction of sp³-hybridized carbons (Fsp3) is 0.444. The molecule has 8 heteroatoms. The maximum Gasteiger partial charge on any atom is 0.194 e. The summed E-state index contributed by atoms with van der Waals surface area (Å²) in [6, 6.07) is 3.79. The first-order valence-electron chi connectivity index (χ1n) is 8.81. The molecule has 0 saturated carbocycles. The van der Waals surface area contributed by atoms with E-state index in [0.29, 0.717) is 11.3 Å². The van der Waals surface area contributed by atoms with Gasteiger partial charge in [0.25, 0.3) is 0 Å². The maximum absolute atomic E-state index is 10.3. The molecule has 0 spiro atoms. The van der Waals surface area contributed by atoms with E-state index in [4.69, 9.17) is 4.74 Å². The average molecular weight is 373 g/mol. The summed E-state index contributed by atoms with van der Waals surface area (Å²) in [6.45, 7) is 9.41. The van der Waals surface area contributed by atoms with Gasteiger partial charge in [-0.3, -0.25) is 4.90 Å². The Balaban J connectivity index is 1.46. The first kappa shape index (κ1) is 17.3. The highest BCUT2D eigenvalue weighted by molar-refractivity contribution is 7.22. The summed E-state index contributed by atoms with van der Waals surface area (Å²) < 4.78 is 8.08. The number of morpholine rings is 1. The van der Waals surface area contributed by atoms with Gasteiger partial charge in [-0.15, -0.1) is 5.10 Å². The number of anilines is 1. The highest BCUT2D eigenvalue weighted by Crippen LogP contribution is 2.30. The van der Waals surface area contributed by atoms with Gasteiger partial charge in [0.2, 0.25) is 0 Å². The zero-order chi connectivity index (χ0) is 18.1. The molecule has 0 bridgehead atoms. The molecule has 0 amide bonds. The normalized spacial score (nSPS) is 15.6. The van der Waals surface area contributed by atoms with Crippen LogP contribution in [0.1, 0.15) is 11.1 Å². The molecule has 1 aliphatic rings. The van der Waals surface area contributed by atoms with Crippen molar-refractivity contribution in [2.24, 2.45) is 0 Å². The second kappa shape index (κ2) is 7.22. The molecule has 3 aromatic rings. The molecule has 1 aliphatic heterocycles. The number of benzene rings is 1. The van der Waals surface area contributed by atoms with E-state index < -0.39 is 0 Å². The predicted octanol–water partition coefficient (Wildman–Crippen LogP) is 2.55. The fourth-order valence-corrected chi connectivity index (χ4v) is 4.14. The fourth-order valence-electron chi connectivity index (χ4n) is 3.29. The molecular weight excluding hydrogens is 350 g/mol. The SMILES string of the molecule is Cc1cc(C)c(-n2cc3sc(NCCN4CCOCC4)nc3n2)c(O)c1. The van der Waals surface area contributed by atoms with Gasteiger partial charge in [0.15, 0.2) is 10.8 Å². The van der Waals surface area contributed by atoms with Gasteiger partial charge in [0.1, 0.15) is 11.4 Å². The molecular formula is C18H23N5O2S. The van der Waals surface area contributed by atoms with Crippen LogP contribution < -0.4 is 5.32 Å². The monoisotopic (exact) mass is 373 g/mol. The van der Waals surface area contributed by atoms with Gasteiger partial charge in [-0.05, 0) is 31.0 Å². The van der Waals surface area contributed by atoms with E-state index in [0.717, 1.165) is 60.4 Å². The summed E-state index contributed by atoms with van der Waals surface area (Å²) in [6.07, 6.45) is 1.93. The van der Waals surface area contributed by atoms with Crippen molar-refractivity contribution in [1.82, 2.24) is 19.7 Å². The van der Waals surface area contributed by atoms with Gasteiger partial charge in [-0.2, -0.15) is 4.98 Å². The Labute approximate surface area is 156 Å². The van der Waals surface area contributed by atoms with E-state index in [1.54, 1.807) is 22.1 Å². The summed E-state index contributed by atoms with van der Waals surface area (Å²) in [5.41, 5.74) is 3.43. The van der Waals surface area contributed by atoms with Gasteiger partial charge in [-0.25, -0.2) is 4.68 Å². The molecule has 1 fully saturated rings. The highest BCUT2D eigenvalue weighted by atomic mass is 32.1. The third-order valence-corrected chi connectivity index (χ3v) is 5.48. The van der Waals surface area contributed by atoms with Crippen LogP contribution in [-0.2, 0) is 4.74 Å². The second-order valence-electron chi connectivity index (χ2n) is 6.61. The molecule has 0 unspecified atom stereocenters. The molecule has 4 rings (SSSR count). The van der Waals surface area contributed by atoms with Crippen LogP contribution in [0.3, 0.4) is 0 Å². The second-order valence-corrected chi connectivity index (χ2v) is 7.64. The van der Waals surface area contributed by atoms with Crippen LogP contribution in [-0.4, -0.2) is 64.2 Å². The van der Waals surface area contributed by atoms with E-state index in [1.807, 2.05) is 26.1 Å². The van der Waals surface area contributed by atoms with Gasteiger partial charge < -0.3 is 15.2 Å². The summed E-state index contributed by atoms with van der Waals surface area (Å²) in [4.78, 5) is 6.96. The molecule has 1 saturated heterocycles. The number of rotatable bonds is 5. The van der Waals surface area contributed by atoms with Crippen LogP contribution in [0.5, 0.6) is 5.75 Å². The Morgan fingerprint density at radius 3 is 2.81 bits per heavy atom. The number of aromatic nitrogens is 3. The Bertz CT molecular complexity index is 859. The summed E-state index contributed by atoms with van der Waals surface area (Å²) in [7, 11) is 0. The molecule has 138 valence electrons. The van der Waals surface area contributed by atoms with E-state index in [9.17, 15) is 5.11 Å². The Morgan fingerprint density at radius 1 is 1.27 bits per heavy atom. The highest BCUT2D eigenvalue weighted by Gasteiger charge is 2.14. The lowest BCUT2D eigenvalue weighted by Gasteiger charge is -2.26. The van der Waals surface area contributed by atoms with Crippen molar-refractivity contribution in [3.05, 3.63) is 29.5 Å². The largest absolute Gasteiger partial charge is 0.506 e. The van der Waals surface area contributed by atoms with Crippen molar-refractivity contribution in [3.63, 3.8) is 0 Å². The number of aryl methyl sites for hydroxylation is 2. The molecule has 2 aromatic heterocycles. The van der Waals surface area contributed by atoms with Crippen LogP contribution in [0, 0.1) is 13.8 Å². The number of nitrogens with zero attached hydrogens (tertiary/aromatic N) is 4. The number of nitrogens with one attached hydrogen (secondary N) is 1. The van der Waals surface area contributed by atoms with Gasteiger partial charge in [0.05, 0.1) is 24.1 Å². The molecule has 26 heavy (non-hydrogen) atoms. The zero-order valence-electron chi connectivity index (χ0n) is 15.0. The van der Waals surface area contributed by atoms with E-state index >= 15 is 0 Å². The zero-order valence-corrected chi connectivity index (χ0v) is 15.8. The lowest BCUT2D eigenvalue weighted by atomic mass is 10.1. The molecule has 1 aromatic carbocycles. The smallest absolute Gasteiger partial charge is 0.194 e. The van der Waals surface area contributed by atoms with Gasteiger partial charge in [-0.1, -0.05) is 17.4 Å². The third kappa shape index (κ3) is 3.53. The van der Waals surface area contributed by atoms with E-state index in [1.165, 1.54) is 0 Å². The standard InChI is InChI=1S/C18H23N5O2S/c1-12-9-13(2)16(14(24)10-12)23-11-15-17(21-23)20-18(26-15)19-3-4-22-5-7-25-8-6-22/h9-11,24H,3-8H2,1-2H3,(H,19,20,21). The molecule has 3 heterocycles. The molecule has 0 radical (unpaired) electrons. The van der Waals surface area contributed by atoms with Crippen molar-refractivity contribution < 1.29 is 9.84 Å². The van der Waals surface area contributed by atoms with Crippen LogP contribution >= 0.6 is 11.3 Å². The molecule has 7 nitrogen and oxygen atoms in total. The van der Waals surface area contributed by atoms with Crippen LogP contribution in [0.15, 0.2) is 18.3 Å². The number of phenols is 1. The van der Waals surface area contributed by atoms with E-state index in [-0.39, 0.29) is 5.75 Å². The lowest BCUT2D eigenvalue weighted by molar-refractivity contribution is 0.0398. The van der Waals surface area contributed by atoms with Crippen LogP contribution in [0.25, 0.3) is 16.0 Å². The Morgan fingerprint density at radius 2 is 2.08 bits per heavy atom. The van der Waals surface area contributed by atoms with Crippen LogP contribution in [0.4, 0.5) is 5.13 Å². The van der Waals surface area contributed by atoms with Gasteiger partial charge in [0, 0.05) is 26.2 Å². The lowest BCUT2D eigenvalue weighted by Crippen LogP contribution is -2.38. The van der Waals surface area contributed by atoms with Crippen molar-refractivity contribution >= 4 is 26.8 Å². The number of ether oxygens (including phenoxy) is 1. The van der Waals surface area contributed by atoms with Crippen molar-refractivity contribution in [1.29, 1.82) is 0 Å². The maximum atomic E-state index is 10.3. The first-order valence-corrected chi connectivity index (χ1v) is 9.62. The average Bonchev–Trinajstić information content (AvgIpc) is 3.13. The number of fused-ring (bicyclic) bond motifs is 1. The number of thiazole rings is 1. The van der Waals surface area contributed by atoms with E-state index in [2.05, 4.69) is 20.3 Å². The minimum absolute atomic E-state index is 0.238. The minimum Gasteiger partial charge on any atom is -0.506 e. The number of aromatic hydroxyl groups is 1. The number of hydrogen-bond acceptors (Lipinski definition) is 7. The van der Waals surface area contributed by atoms with Gasteiger partial charge >= 0.3 is 0 Å². The predicted molar refractivity (Wildman–Crippen MR) is 104 cm³/mol. The summed E-state index contributed by atoms with van der Waals surface area (Å²) in [5, 5.41) is 19.1. The summed E-state index contributed by atoms with van der Waals surface area (Å²) >= 11 is 1.58. The Kier molecular flexibility index (Phi) is 4.80. The molecule has 0 aliphatic carbocycles. The number of hydrogen-bond donors (Lipinski definition) is 2. The minimum atomic E-state index is 0.238. The van der Waals surface area contributed by atoms with Crippen molar-refractivity contribution in [3.8, 4) is 11.4 Å². The topological polar surface area (TPSA) is 75.4 Å². The van der Waals surface area contributed by atoms with Crippen molar-refractivity contribution in [2.45, 2.75) is 13.8 Å². The number of phenolic OH excluding ortho intramolecular Hbond substituents is 1. The molecule has 0 atom stereocenters. The Hall–Kier alpha value is -2.16. The van der Waals surface area contributed by atoms with Crippen LogP contribution in [0.2, 0.25) is 0 Å². The molecule has 2 N–H and O–H groups in total. The quantitative estimate of drug-likeness (QED) is 0.716.